The Kier molecular flexibility index (Phi) is 8.27. The lowest BCUT2D eigenvalue weighted by Crippen LogP contribution is -2.48. The number of hydrogen-bond donors (Lipinski definition) is 2. The van der Waals surface area contributed by atoms with Crippen LogP contribution in [0, 0.1) is 0 Å². The number of methoxy groups -OCH3 is 1. The van der Waals surface area contributed by atoms with E-state index in [0.29, 0.717) is 6.54 Å². The number of primary amides is 1. The minimum Gasteiger partial charge on any atom is -0.385 e. The Morgan fingerprint density at radius 1 is 1.60 bits per heavy atom. The number of nitrogens with one attached hydrogen (secondary N) is 1. The zero-order valence-corrected chi connectivity index (χ0v) is 9.95. The Bertz CT molecular complexity index is 176. The summed E-state index contributed by atoms with van der Waals surface area (Å²) >= 11 is 0. The molecule has 0 saturated heterocycles. The summed E-state index contributed by atoms with van der Waals surface area (Å²) in [5.41, 5.74) is 5.27. The molecular weight excluding hydrogens is 194 g/mol. The summed E-state index contributed by atoms with van der Waals surface area (Å²) < 4.78 is 4.96. The molecule has 0 aliphatic carbocycles. The molecule has 0 radical (unpaired) electrons. The summed E-state index contributed by atoms with van der Waals surface area (Å²) in [6.07, 6.45) is 0.963. The molecule has 0 aliphatic heterocycles. The van der Waals surface area contributed by atoms with Gasteiger partial charge >= 0.3 is 0 Å². The van der Waals surface area contributed by atoms with Crippen LogP contribution >= 0.6 is 0 Å². The van der Waals surface area contributed by atoms with Crippen LogP contribution in [0.4, 0.5) is 0 Å². The third-order valence-corrected chi connectivity index (χ3v) is 2.18. The standard InChI is InChI=1S/C10H23N3O2/c1-4-12-9(10(11)14)8-13(2)6-5-7-15-3/h9,12H,4-8H2,1-3H3,(H2,11,14). The quantitative estimate of drug-likeness (QED) is 0.507. The maximum atomic E-state index is 11.1. The van der Waals surface area contributed by atoms with Crippen LogP contribution in [0.25, 0.3) is 0 Å². The number of likely N-dealkylation sites (N-methyl/N-ethyl adjacent to an activating group) is 2. The highest BCUT2D eigenvalue weighted by Crippen LogP contribution is 1.92. The van der Waals surface area contributed by atoms with Gasteiger partial charge in [-0.25, -0.2) is 0 Å². The summed E-state index contributed by atoms with van der Waals surface area (Å²) in [5.74, 6) is -0.296. The highest BCUT2D eigenvalue weighted by Gasteiger charge is 2.15. The van der Waals surface area contributed by atoms with E-state index in [1.54, 1.807) is 7.11 Å². The van der Waals surface area contributed by atoms with E-state index in [-0.39, 0.29) is 11.9 Å². The van der Waals surface area contributed by atoms with E-state index in [4.69, 9.17) is 10.5 Å². The van der Waals surface area contributed by atoms with E-state index in [0.717, 1.165) is 26.1 Å². The summed E-state index contributed by atoms with van der Waals surface area (Å²) in [6.45, 7) is 5.00. The minimum absolute atomic E-state index is 0.262. The zero-order chi connectivity index (χ0) is 11.7. The van der Waals surface area contributed by atoms with Gasteiger partial charge in [0.25, 0.3) is 0 Å². The fraction of sp³-hybridized carbons (Fsp3) is 0.900. The lowest BCUT2D eigenvalue weighted by Gasteiger charge is -2.22. The Balaban J connectivity index is 3.78. The Morgan fingerprint density at radius 2 is 2.27 bits per heavy atom. The van der Waals surface area contributed by atoms with E-state index in [1.807, 2.05) is 14.0 Å². The Labute approximate surface area is 91.9 Å². The molecule has 0 aromatic carbocycles. The molecule has 0 saturated carbocycles. The maximum Gasteiger partial charge on any atom is 0.235 e. The lowest BCUT2D eigenvalue weighted by molar-refractivity contribution is -0.120. The van der Waals surface area contributed by atoms with Crippen LogP contribution in [0.5, 0.6) is 0 Å². The van der Waals surface area contributed by atoms with Gasteiger partial charge < -0.3 is 20.7 Å². The number of nitrogens with two attached hydrogens (primary N) is 1. The molecule has 0 spiro atoms. The van der Waals surface area contributed by atoms with Crippen LogP contribution in [-0.4, -0.2) is 57.2 Å². The van der Waals surface area contributed by atoms with E-state index in [2.05, 4.69) is 10.2 Å². The molecule has 0 aromatic rings. The number of carbonyl (C=O) groups excluding carboxylic acids is 1. The van der Waals surface area contributed by atoms with Crippen molar-refractivity contribution in [1.82, 2.24) is 10.2 Å². The van der Waals surface area contributed by atoms with E-state index >= 15 is 0 Å². The van der Waals surface area contributed by atoms with Crippen molar-refractivity contribution in [2.24, 2.45) is 5.73 Å². The number of rotatable bonds is 9. The van der Waals surface area contributed by atoms with Crippen molar-refractivity contribution in [3.8, 4) is 0 Å². The maximum absolute atomic E-state index is 11.1. The van der Waals surface area contributed by atoms with E-state index < -0.39 is 0 Å². The van der Waals surface area contributed by atoms with Crippen molar-refractivity contribution in [2.45, 2.75) is 19.4 Å². The topological polar surface area (TPSA) is 67.6 Å². The highest BCUT2D eigenvalue weighted by molar-refractivity contribution is 5.80. The second kappa shape index (κ2) is 8.64. The van der Waals surface area contributed by atoms with Gasteiger partial charge in [0.1, 0.15) is 0 Å². The van der Waals surface area contributed by atoms with Gasteiger partial charge in [0, 0.05) is 26.8 Å². The first-order valence-electron chi connectivity index (χ1n) is 5.32. The summed E-state index contributed by atoms with van der Waals surface area (Å²) in [7, 11) is 3.66. The molecule has 0 bridgehead atoms. The number of ether oxygens (including phenoxy) is 1. The van der Waals surface area contributed by atoms with Crippen molar-refractivity contribution >= 4 is 5.91 Å². The van der Waals surface area contributed by atoms with Crippen LogP contribution in [0.1, 0.15) is 13.3 Å². The molecule has 15 heavy (non-hydrogen) atoms. The molecule has 3 N–H and O–H groups in total. The largest absolute Gasteiger partial charge is 0.385 e. The van der Waals surface area contributed by atoms with Crippen molar-refractivity contribution in [3.63, 3.8) is 0 Å². The third-order valence-electron chi connectivity index (χ3n) is 2.18. The second-order valence-corrected chi connectivity index (χ2v) is 3.62. The summed E-state index contributed by atoms with van der Waals surface area (Å²) in [5, 5.41) is 3.06. The molecule has 5 nitrogen and oxygen atoms in total. The zero-order valence-electron chi connectivity index (χ0n) is 9.95. The number of amides is 1. The highest BCUT2D eigenvalue weighted by atomic mass is 16.5. The van der Waals surface area contributed by atoms with Gasteiger partial charge in [0.2, 0.25) is 5.91 Å². The first kappa shape index (κ1) is 14.3. The fourth-order valence-electron chi connectivity index (χ4n) is 1.38. The molecule has 5 heteroatoms. The van der Waals surface area contributed by atoms with Gasteiger partial charge in [-0.1, -0.05) is 6.92 Å². The van der Waals surface area contributed by atoms with Gasteiger partial charge in [-0.05, 0) is 20.0 Å². The minimum atomic E-state index is -0.296. The number of hydrogen-bond acceptors (Lipinski definition) is 4. The molecule has 90 valence electrons. The Hall–Kier alpha value is -0.650. The van der Waals surface area contributed by atoms with E-state index in [9.17, 15) is 4.79 Å². The number of nitrogens with zero attached hydrogens (tertiary/aromatic N) is 1. The molecule has 0 rings (SSSR count). The summed E-state index contributed by atoms with van der Waals surface area (Å²) in [6, 6.07) is -0.262. The predicted octanol–water partition coefficient (Wildman–Crippen LogP) is -0.582. The SMILES string of the molecule is CCNC(CN(C)CCCOC)C(N)=O. The molecule has 0 heterocycles. The van der Waals surface area contributed by atoms with Crippen LogP contribution in [0.15, 0.2) is 0 Å². The summed E-state index contributed by atoms with van der Waals surface area (Å²) in [4.78, 5) is 13.1. The van der Waals surface area contributed by atoms with Crippen molar-refractivity contribution in [2.75, 3.05) is 40.4 Å². The Morgan fingerprint density at radius 3 is 2.73 bits per heavy atom. The van der Waals surface area contributed by atoms with Gasteiger partial charge in [-0.2, -0.15) is 0 Å². The van der Waals surface area contributed by atoms with Crippen LogP contribution in [0.2, 0.25) is 0 Å². The van der Waals surface area contributed by atoms with Gasteiger partial charge in [0.05, 0.1) is 6.04 Å². The number of carbonyl (C=O) groups is 1. The average Bonchev–Trinajstić information content (AvgIpc) is 2.17. The molecule has 0 aliphatic rings. The van der Waals surface area contributed by atoms with E-state index in [1.165, 1.54) is 0 Å². The second-order valence-electron chi connectivity index (χ2n) is 3.62. The predicted molar refractivity (Wildman–Crippen MR) is 60.6 cm³/mol. The smallest absolute Gasteiger partial charge is 0.235 e. The van der Waals surface area contributed by atoms with Gasteiger partial charge in [-0.15, -0.1) is 0 Å². The van der Waals surface area contributed by atoms with Crippen LogP contribution in [0.3, 0.4) is 0 Å². The normalized spacial score (nSPS) is 13.1. The monoisotopic (exact) mass is 217 g/mol. The first-order chi connectivity index (χ1) is 7.11. The molecule has 1 unspecified atom stereocenters. The van der Waals surface area contributed by atoms with Gasteiger partial charge in [-0.3, -0.25) is 4.79 Å². The van der Waals surface area contributed by atoms with Gasteiger partial charge in [0.15, 0.2) is 0 Å². The first-order valence-corrected chi connectivity index (χ1v) is 5.32. The van der Waals surface area contributed by atoms with Crippen molar-refractivity contribution < 1.29 is 9.53 Å². The molecule has 1 amide bonds. The molecular formula is C10H23N3O2. The average molecular weight is 217 g/mol. The lowest BCUT2D eigenvalue weighted by atomic mass is 10.2. The molecule has 1 atom stereocenters. The fourth-order valence-corrected chi connectivity index (χ4v) is 1.38. The van der Waals surface area contributed by atoms with Crippen molar-refractivity contribution in [1.29, 1.82) is 0 Å². The molecule has 0 fully saturated rings. The van der Waals surface area contributed by atoms with Crippen LogP contribution in [-0.2, 0) is 9.53 Å². The van der Waals surface area contributed by atoms with Crippen molar-refractivity contribution in [3.05, 3.63) is 0 Å². The third kappa shape index (κ3) is 7.30. The van der Waals surface area contributed by atoms with Crippen LogP contribution < -0.4 is 11.1 Å². The molecule has 0 aromatic heterocycles.